The minimum atomic E-state index is -0.882. The molecule has 1 N–H and O–H groups in total. The standard InChI is InChI=1S/C12H22N2O3/c1-4-9(2)14(8-12(16)17)7-11(15)13(3)10-5-6-10/h9-10H,4-8H2,1-3H3,(H,16,17). The first-order chi connectivity index (χ1) is 7.95. The molecule has 5 nitrogen and oxygen atoms in total. The minimum Gasteiger partial charge on any atom is -0.480 e. The molecule has 0 saturated heterocycles. The summed E-state index contributed by atoms with van der Waals surface area (Å²) in [7, 11) is 1.80. The van der Waals surface area contributed by atoms with Crippen LogP contribution in [0.25, 0.3) is 0 Å². The number of hydrogen-bond acceptors (Lipinski definition) is 3. The van der Waals surface area contributed by atoms with Crippen molar-refractivity contribution in [3.05, 3.63) is 0 Å². The fourth-order valence-electron chi connectivity index (χ4n) is 1.75. The van der Waals surface area contributed by atoms with Gasteiger partial charge in [0.05, 0.1) is 13.1 Å². The van der Waals surface area contributed by atoms with E-state index in [1.54, 1.807) is 16.8 Å². The Bertz CT molecular complexity index is 289. The predicted octanol–water partition coefficient (Wildman–Crippen LogP) is 0.792. The summed E-state index contributed by atoms with van der Waals surface area (Å²) in [5, 5.41) is 8.83. The average Bonchev–Trinajstić information content (AvgIpc) is 3.09. The number of rotatable bonds is 7. The van der Waals surface area contributed by atoms with Crippen molar-refractivity contribution in [3.8, 4) is 0 Å². The third kappa shape index (κ3) is 4.34. The Morgan fingerprint density at radius 3 is 2.35 bits per heavy atom. The van der Waals surface area contributed by atoms with Crippen molar-refractivity contribution in [2.24, 2.45) is 0 Å². The number of amides is 1. The van der Waals surface area contributed by atoms with Gasteiger partial charge in [-0.3, -0.25) is 14.5 Å². The van der Waals surface area contributed by atoms with Gasteiger partial charge < -0.3 is 10.0 Å². The second kappa shape index (κ2) is 6.00. The maximum absolute atomic E-state index is 11.9. The molecule has 1 amide bonds. The van der Waals surface area contributed by atoms with E-state index in [-0.39, 0.29) is 25.0 Å². The van der Waals surface area contributed by atoms with Crippen molar-refractivity contribution < 1.29 is 14.7 Å². The van der Waals surface area contributed by atoms with Crippen molar-refractivity contribution in [2.75, 3.05) is 20.1 Å². The first kappa shape index (κ1) is 14.0. The van der Waals surface area contributed by atoms with E-state index < -0.39 is 5.97 Å². The van der Waals surface area contributed by atoms with Gasteiger partial charge in [-0.15, -0.1) is 0 Å². The molecule has 0 aromatic heterocycles. The van der Waals surface area contributed by atoms with E-state index in [0.29, 0.717) is 6.04 Å². The SMILES string of the molecule is CCC(C)N(CC(=O)O)CC(=O)N(C)C1CC1. The third-order valence-electron chi connectivity index (χ3n) is 3.38. The van der Waals surface area contributed by atoms with Crippen LogP contribution in [0, 0.1) is 0 Å². The van der Waals surface area contributed by atoms with Crippen LogP contribution in [0.15, 0.2) is 0 Å². The van der Waals surface area contributed by atoms with Gasteiger partial charge in [0, 0.05) is 19.1 Å². The fraction of sp³-hybridized carbons (Fsp3) is 0.833. The Labute approximate surface area is 102 Å². The molecular formula is C12H22N2O3. The van der Waals surface area contributed by atoms with Gasteiger partial charge in [0.2, 0.25) is 5.91 Å². The molecule has 0 bridgehead atoms. The summed E-state index contributed by atoms with van der Waals surface area (Å²) in [4.78, 5) is 26.2. The molecule has 0 heterocycles. The highest BCUT2D eigenvalue weighted by Gasteiger charge is 2.30. The summed E-state index contributed by atoms with van der Waals surface area (Å²) < 4.78 is 0. The fourth-order valence-corrected chi connectivity index (χ4v) is 1.75. The number of carbonyl (C=O) groups is 2. The second-order valence-corrected chi connectivity index (χ2v) is 4.79. The number of carboxylic acid groups (broad SMARTS) is 1. The minimum absolute atomic E-state index is 0.0223. The Morgan fingerprint density at radius 1 is 1.35 bits per heavy atom. The second-order valence-electron chi connectivity index (χ2n) is 4.79. The van der Waals surface area contributed by atoms with Crippen LogP contribution in [-0.2, 0) is 9.59 Å². The van der Waals surface area contributed by atoms with E-state index in [0.717, 1.165) is 19.3 Å². The number of hydrogen-bond donors (Lipinski definition) is 1. The lowest BCUT2D eigenvalue weighted by Gasteiger charge is -2.28. The van der Waals surface area contributed by atoms with E-state index in [2.05, 4.69) is 0 Å². The lowest BCUT2D eigenvalue weighted by Crippen LogP contribution is -2.45. The van der Waals surface area contributed by atoms with Gasteiger partial charge >= 0.3 is 5.97 Å². The van der Waals surface area contributed by atoms with Crippen LogP contribution in [0.3, 0.4) is 0 Å². The van der Waals surface area contributed by atoms with Crippen molar-refractivity contribution in [3.63, 3.8) is 0 Å². The van der Waals surface area contributed by atoms with Crippen molar-refractivity contribution in [1.82, 2.24) is 9.80 Å². The highest BCUT2D eigenvalue weighted by Crippen LogP contribution is 2.25. The maximum atomic E-state index is 11.9. The molecule has 1 unspecified atom stereocenters. The van der Waals surface area contributed by atoms with E-state index in [4.69, 9.17) is 5.11 Å². The van der Waals surface area contributed by atoms with Crippen molar-refractivity contribution >= 4 is 11.9 Å². The van der Waals surface area contributed by atoms with Crippen LogP contribution in [0.1, 0.15) is 33.1 Å². The number of carbonyl (C=O) groups excluding carboxylic acids is 1. The topological polar surface area (TPSA) is 60.9 Å². The number of nitrogens with zero attached hydrogens (tertiary/aromatic N) is 2. The summed E-state index contributed by atoms with van der Waals surface area (Å²) in [6.07, 6.45) is 2.99. The molecule has 1 rings (SSSR count). The first-order valence-electron chi connectivity index (χ1n) is 6.17. The predicted molar refractivity (Wildman–Crippen MR) is 64.8 cm³/mol. The summed E-state index contributed by atoms with van der Waals surface area (Å²) in [6.45, 7) is 4.08. The largest absolute Gasteiger partial charge is 0.480 e. The molecule has 0 spiro atoms. The maximum Gasteiger partial charge on any atom is 0.317 e. The van der Waals surface area contributed by atoms with Crippen LogP contribution in [0.5, 0.6) is 0 Å². The lowest BCUT2D eigenvalue weighted by atomic mass is 10.2. The zero-order chi connectivity index (χ0) is 13.0. The molecule has 1 aliphatic rings. The van der Waals surface area contributed by atoms with Crippen LogP contribution in [0.4, 0.5) is 0 Å². The van der Waals surface area contributed by atoms with Gasteiger partial charge in [0.15, 0.2) is 0 Å². The van der Waals surface area contributed by atoms with Gasteiger partial charge in [-0.05, 0) is 26.2 Å². The zero-order valence-corrected chi connectivity index (χ0v) is 10.8. The molecule has 0 radical (unpaired) electrons. The number of carboxylic acids is 1. The van der Waals surface area contributed by atoms with Crippen LogP contribution < -0.4 is 0 Å². The quantitative estimate of drug-likeness (QED) is 0.717. The number of aliphatic carboxylic acids is 1. The van der Waals surface area contributed by atoms with Gasteiger partial charge in [0.1, 0.15) is 0 Å². The molecule has 0 aromatic carbocycles. The lowest BCUT2D eigenvalue weighted by molar-refractivity contribution is -0.140. The highest BCUT2D eigenvalue weighted by molar-refractivity contribution is 5.79. The molecule has 1 saturated carbocycles. The molecule has 1 atom stereocenters. The van der Waals surface area contributed by atoms with Crippen LogP contribution in [0.2, 0.25) is 0 Å². The molecule has 17 heavy (non-hydrogen) atoms. The smallest absolute Gasteiger partial charge is 0.317 e. The summed E-state index contributed by atoms with van der Waals surface area (Å²) >= 11 is 0. The molecule has 0 aliphatic heterocycles. The van der Waals surface area contributed by atoms with Gasteiger partial charge in [-0.2, -0.15) is 0 Å². The van der Waals surface area contributed by atoms with E-state index in [1.807, 2.05) is 13.8 Å². The Morgan fingerprint density at radius 2 is 1.94 bits per heavy atom. The van der Waals surface area contributed by atoms with Crippen LogP contribution >= 0.6 is 0 Å². The molecule has 0 aromatic rings. The Hall–Kier alpha value is -1.10. The third-order valence-corrected chi connectivity index (χ3v) is 3.38. The monoisotopic (exact) mass is 242 g/mol. The van der Waals surface area contributed by atoms with Crippen molar-refractivity contribution in [1.29, 1.82) is 0 Å². The first-order valence-corrected chi connectivity index (χ1v) is 6.17. The van der Waals surface area contributed by atoms with Gasteiger partial charge in [0.25, 0.3) is 0 Å². The normalized spacial score (nSPS) is 16.9. The molecule has 5 heteroatoms. The zero-order valence-electron chi connectivity index (χ0n) is 10.8. The van der Waals surface area contributed by atoms with Crippen LogP contribution in [-0.4, -0.2) is 59.0 Å². The molecule has 1 aliphatic carbocycles. The summed E-state index contributed by atoms with van der Waals surface area (Å²) in [5.41, 5.74) is 0. The molecule has 98 valence electrons. The molecule has 1 fully saturated rings. The Kier molecular flexibility index (Phi) is 4.93. The van der Waals surface area contributed by atoms with E-state index >= 15 is 0 Å². The number of likely N-dealkylation sites (N-methyl/N-ethyl adjacent to an activating group) is 1. The molecular weight excluding hydrogens is 220 g/mol. The highest BCUT2D eigenvalue weighted by atomic mass is 16.4. The summed E-state index contributed by atoms with van der Waals surface area (Å²) in [6, 6.07) is 0.494. The van der Waals surface area contributed by atoms with Crippen molar-refractivity contribution in [2.45, 2.75) is 45.2 Å². The van der Waals surface area contributed by atoms with E-state index in [9.17, 15) is 9.59 Å². The van der Waals surface area contributed by atoms with Gasteiger partial charge in [-0.1, -0.05) is 6.92 Å². The summed E-state index contributed by atoms with van der Waals surface area (Å²) in [5.74, 6) is -0.860. The average molecular weight is 242 g/mol. The Balaban J connectivity index is 2.51. The van der Waals surface area contributed by atoms with E-state index in [1.165, 1.54) is 0 Å². The van der Waals surface area contributed by atoms with Gasteiger partial charge in [-0.25, -0.2) is 0 Å².